The average molecular weight is 392 g/mol. The number of carbonyl (C=O) groups excluding carboxylic acids is 1. The number of aromatic nitrogens is 2. The van der Waals surface area contributed by atoms with Gasteiger partial charge in [0.05, 0.1) is 0 Å². The van der Waals surface area contributed by atoms with E-state index >= 15 is 0 Å². The molecule has 134 valence electrons. The van der Waals surface area contributed by atoms with Crippen molar-refractivity contribution in [2.24, 2.45) is 5.73 Å². The number of aromatic amines is 1. The normalized spacial score (nSPS) is 12.1. The van der Waals surface area contributed by atoms with Gasteiger partial charge in [0.1, 0.15) is 23.0 Å². The van der Waals surface area contributed by atoms with E-state index in [1.807, 2.05) is 12.1 Å². The van der Waals surface area contributed by atoms with Gasteiger partial charge in [0, 0.05) is 11.6 Å². The van der Waals surface area contributed by atoms with Crippen molar-refractivity contribution in [3.63, 3.8) is 0 Å². The molecule has 1 atom stereocenters. The molecule has 0 bridgehead atoms. The minimum atomic E-state index is -0.817. The number of fused-ring (bicyclic) bond motifs is 1. The first-order valence-electron chi connectivity index (χ1n) is 7.77. The minimum absolute atomic E-state index is 0.00739. The summed E-state index contributed by atoms with van der Waals surface area (Å²) in [6, 6.07) is 11.0. The van der Waals surface area contributed by atoms with Crippen LogP contribution in [0.5, 0.6) is 0 Å². The van der Waals surface area contributed by atoms with E-state index in [-0.39, 0.29) is 22.5 Å². The monoisotopic (exact) mass is 391 g/mol. The van der Waals surface area contributed by atoms with Gasteiger partial charge in [-0.15, -0.1) is 0 Å². The Morgan fingerprint density at radius 2 is 1.85 bits per heavy atom. The van der Waals surface area contributed by atoms with Gasteiger partial charge >= 0.3 is 5.97 Å². The van der Waals surface area contributed by atoms with Crippen molar-refractivity contribution < 1.29 is 9.53 Å². The second-order valence-electron chi connectivity index (χ2n) is 5.78. The number of benzene rings is 1. The highest BCUT2D eigenvalue weighted by atomic mass is 35.5. The largest absolute Gasteiger partial charge is 0.460 e. The SMILES string of the molecule is N[C@@H](Cc1ccc2[nH]c(=O)ccc2c1)C(=O)OCc1cc(Cl)nc(Cl)c1. The molecule has 6 nitrogen and oxygen atoms in total. The number of halogens is 2. The fraction of sp³-hybridized carbons (Fsp3) is 0.167. The number of hydrogen-bond acceptors (Lipinski definition) is 5. The van der Waals surface area contributed by atoms with E-state index in [9.17, 15) is 9.59 Å². The lowest BCUT2D eigenvalue weighted by molar-refractivity contribution is -0.146. The number of carbonyl (C=O) groups is 1. The second kappa shape index (κ2) is 7.86. The van der Waals surface area contributed by atoms with Gasteiger partial charge in [-0.25, -0.2) is 4.98 Å². The molecule has 0 fully saturated rings. The quantitative estimate of drug-likeness (QED) is 0.514. The van der Waals surface area contributed by atoms with Crippen molar-refractivity contribution in [3.05, 3.63) is 74.3 Å². The third-order valence-corrected chi connectivity index (χ3v) is 4.14. The van der Waals surface area contributed by atoms with Crippen LogP contribution in [0.25, 0.3) is 10.9 Å². The summed E-state index contributed by atoms with van der Waals surface area (Å²) in [4.78, 5) is 30.0. The molecule has 0 spiro atoms. The van der Waals surface area contributed by atoms with E-state index in [4.69, 9.17) is 33.7 Å². The number of nitrogens with one attached hydrogen (secondary N) is 1. The Hall–Kier alpha value is -2.41. The van der Waals surface area contributed by atoms with Crippen LogP contribution in [0, 0.1) is 0 Å². The molecule has 0 unspecified atom stereocenters. The van der Waals surface area contributed by atoms with Crippen LogP contribution in [0.15, 0.2) is 47.3 Å². The number of H-pyrrole nitrogens is 1. The van der Waals surface area contributed by atoms with Gasteiger partial charge in [0.25, 0.3) is 0 Å². The molecule has 26 heavy (non-hydrogen) atoms. The zero-order chi connectivity index (χ0) is 18.7. The topological polar surface area (TPSA) is 98.1 Å². The van der Waals surface area contributed by atoms with Crippen molar-refractivity contribution >= 4 is 40.1 Å². The van der Waals surface area contributed by atoms with E-state index in [0.717, 1.165) is 16.5 Å². The number of nitrogens with two attached hydrogens (primary N) is 1. The van der Waals surface area contributed by atoms with E-state index in [1.54, 1.807) is 24.3 Å². The number of rotatable bonds is 5. The molecular weight excluding hydrogens is 377 g/mol. The highest BCUT2D eigenvalue weighted by Crippen LogP contribution is 2.16. The van der Waals surface area contributed by atoms with Gasteiger partial charge in [-0.1, -0.05) is 29.3 Å². The third-order valence-electron chi connectivity index (χ3n) is 3.75. The highest BCUT2D eigenvalue weighted by molar-refractivity contribution is 6.32. The summed E-state index contributed by atoms with van der Waals surface area (Å²) >= 11 is 11.6. The van der Waals surface area contributed by atoms with Gasteiger partial charge in [-0.2, -0.15) is 0 Å². The summed E-state index contributed by atoms with van der Waals surface area (Å²) < 4.78 is 5.22. The number of ether oxygens (including phenoxy) is 1. The smallest absolute Gasteiger partial charge is 0.323 e. The predicted molar refractivity (Wildman–Crippen MR) is 100 cm³/mol. The Morgan fingerprint density at radius 1 is 1.12 bits per heavy atom. The number of pyridine rings is 2. The Bertz CT molecular complexity index is 1000. The van der Waals surface area contributed by atoms with Crippen molar-refractivity contribution in [3.8, 4) is 0 Å². The first-order valence-corrected chi connectivity index (χ1v) is 8.52. The molecule has 0 amide bonds. The highest BCUT2D eigenvalue weighted by Gasteiger charge is 2.16. The van der Waals surface area contributed by atoms with Crippen molar-refractivity contribution in [1.82, 2.24) is 9.97 Å². The molecule has 0 aliphatic heterocycles. The van der Waals surface area contributed by atoms with Crippen LogP contribution in [0.2, 0.25) is 10.3 Å². The van der Waals surface area contributed by atoms with E-state index < -0.39 is 12.0 Å². The van der Waals surface area contributed by atoms with Crippen molar-refractivity contribution in [2.75, 3.05) is 0 Å². The molecule has 3 rings (SSSR count). The van der Waals surface area contributed by atoms with Crippen LogP contribution in [-0.4, -0.2) is 22.0 Å². The van der Waals surface area contributed by atoms with E-state index in [2.05, 4.69) is 9.97 Å². The molecule has 0 aliphatic rings. The summed E-state index contributed by atoms with van der Waals surface area (Å²) in [5.74, 6) is -0.532. The fourth-order valence-electron chi connectivity index (χ4n) is 2.53. The summed E-state index contributed by atoms with van der Waals surface area (Å²) in [7, 11) is 0. The molecule has 3 N–H and O–H groups in total. The zero-order valence-corrected chi connectivity index (χ0v) is 15.1. The van der Waals surface area contributed by atoms with Crippen molar-refractivity contribution in [2.45, 2.75) is 19.1 Å². The molecule has 2 aromatic heterocycles. The van der Waals surface area contributed by atoms with Crippen LogP contribution in [-0.2, 0) is 22.6 Å². The molecule has 0 radical (unpaired) electrons. The standard InChI is InChI=1S/C18H15Cl2N3O3/c19-15-7-11(8-16(20)23-15)9-26-18(25)13(21)6-10-1-3-14-12(5-10)2-4-17(24)22-14/h1-5,7-8,13H,6,9,21H2,(H,22,24)/t13-/m0/s1. The van der Waals surface area contributed by atoms with Gasteiger partial charge in [-0.05, 0) is 53.3 Å². The fourth-order valence-corrected chi connectivity index (χ4v) is 3.03. The van der Waals surface area contributed by atoms with E-state index in [1.165, 1.54) is 6.07 Å². The number of nitrogens with zero attached hydrogens (tertiary/aromatic N) is 1. The van der Waals surface area contributed by atoms with Crippen LogP contribution >= 0.6 is 23.2 Å². The Labute approximate surface area is 158 Å². The molecule has 1 aromatic carbocycles. The van der Waals surface area contributed by atoms with Gasteiger partial charge in [0.15, 0.2) is 0 Å². The maximum Gasteiger partial charge on any atom is 0.323 e. The lowest BCUT2D eigenvalue weighted by Gasteiger charge is -2.12. The second-order valence-corrected chi connectivity index (χ2v) is 6.56. The maximum atomic E-state index is 12.1. The van der Waals surface area contributed by atoms with Crippen LogP contribution < -0.4 is 11.3 Å². The number of hydrogen-bond donors (Lipinski definition) is 2. The zero-order valence-electron chi connectivity index (χ0n) is 13.5. The molecule has 0 aliphatic carbocycles. The molecule has 3 aromatic rings. The summed E-state index contributed by atoms with van der Waals surface area (Å²) in [5.41, 5.74) is 8.00. The molecule has 8 heteroatoms. The summed E-state index contributed by atoms with van der Waals surface area (Å²) in [6.07, 6.45) is 0.311. The molecule has 2 heterocycles. The molecule has 0 saturated carbocycles. The molecular formula is C18H15Cl2N3O3. The lowest BCUT2D eigenvalue weighted by atomic mass is 10.0. The maximum absolute atomic E-state index is 12.1. The van der Waals surface area contributed by atoms with Crippen LogP contribution in [0.1, 0.15) is 11.1 Å². The van der Waals surface area contributed by atoms with E-state index in [0.29, 0.717) is 12.0 Å². The van der Waals surface area contributed by atoms with Crippen LogP contribution in [0.4, 0.5) is 0 Å². The minimum Gasteiger partial charge on any atom is -0.460 e. The predicted octanol–water partition coefficient (Wildman–Crippen LogP) is 2.84. The van der Waals surface area contributed by atoms with Crippen LogP contribution in [0.3, 0.4) is 0 Å². The third kappa shape index (κ3) is 4.60. The first-order chi connectivity index (χ1) is 12.4. The van der Waals surface area contributed by atoms with Crippen molar-refractivity contribution in [1.29, 1.82) is 0 Å². The Balaban J connectivity index is 1.63. The molecule has 0 saturated heterocycles. The Kier molecular flexibility index (Phi) is 5.56. The first kappa shape index (κ1) is 18.4. The average Bonchev–Trinajstić information content (AvgIpc) is 2.59. The summed E-state index contributed by atoms with van der Waals surface area (Å²) in [5, 5.41) is 1.31. The Morgan fingerprint density at radius 3 is 2.58 bits per heavy atom. The lowest BCUT2D eigenvalue weighted by Crippen LogP contribution is -2.34. The van der Waals surface area contributed by atoms with Gasteiger partial charge in [0.2, 0.25) is 5.56 Å². The number of esters is 1. The van der Waals surface area contributed by atoms with Gasteiger partial charge in [-0.3, -0.25) is 9.59 Å². The summed E-state index contributed by atoms with van der Waals surface area (Å²) in [6.45, 7) is 0.00739. The van der Waals surface area contributed by atoms with Gasteiger partial charge < -0.3 is 15.5 Å².